The molecule has 1 saturated heterocycles. The number of methoxy groups -OCH3 is 3. The highest BCUT2D eigenvalue weighted by atomic mass is 16.5. The van der Waals surface area contributed by atoms with Gasteiger partial charge < -0.3 is 19.5 Å². The van der Waals surface area contributed by atoms with Crippen LogP contribution in [0.1, 0.15) is 27.2 Å². The van der Waals surface area contributed by atoms with E-state index in [-0.39, 0.29) is 76.0 Å². The summed E-state index contributed by atoms with van der Waals surface area (Å²) in [5, 5.41) is 2.60. The van der Waals surface area contributed by atoms with Crippen LogP contribution in [-0.4, -0.2) is 116 Å². The van der Waals surface area contributed by atoms with E-state index in [1.165, 1.54) is 28.3 Å². The van der Waals surface area contributed by atoms with E-state index in [4.69, 9.17) is 14.2 Å². The van der Waals surface area contributed by atoms with Crippen LogP contribution in [0.4, 0.5) is 0 Å². The van der Waals surface area contributed by atoms with Gasteiger partial charge >= 0.3 is 0 Å². The van der Waals surface area contributed by atoms with E-state index in [2.05, 4.69) is 5.32 Å². The molecule has 5 aliphatic rings. The lowest BCUT2D eigenvalue weighted by Gasteiger charge is -2.59. The maximum atomic E-state index is 13.9. The van der Waals surface area contributed by atoms with Gasteiger partial charge in [-0.25, -0.2) is 0 Å². The summed E-state index contributed by atoms with van der Waals surface area (Å²) in [6.07, 6.45) is -0.645. The van der Waals surface area contributed by atoms with Crippen molar-refractivity contribution in [1.82, 2.24) is 15.1 Å². The predicted molar refractivity (Wildman–Crippen MR) is 142 cm³/mol. The fourth-order valence-electron chi connectivity index (χ4n) is 7.15. The fourth-order valence-corrected chi connectivity index (χ4v) is 7.15. The Bertz CT molecular complexity index is 1450. The molecule has 1 N–H and O–H groups in total. The quantitative estimate of drug-likeness (QED) is 0.330. The monoisotopic (exact) mass is 567 g/mol. The van der Waals surface area contributed by atoms with Gasteiger partial charge in [0.2, 0.25) is 17.3 Å². The first-order valence-electron chi connectivity index (χ1n) is 13.4. The minimum Gasteiger partial charge on any atom is -0.492 e. The third kappa shape index (κ3) is 3.99. The van der Waals surface area contributed by atoms with Crippen LogP contribution >= 0.6 is 0 Å². The van der Waals surface area contributed by atoms with E-state index in [1.807, 2.05) is 16.8 Å². The third-order valence-corrected chi connectivity index (χ3v) is 9.06. The summed E-state index contributed by atoms with van der Waals surface area (Å²) in [7, 11) is 5.98. The maximum absolute atomic E-state index is 13.9. The molecule has 12 nitrogen and oxygen atoms in total. The maximum Gasteiger partial charge on any atom is 0.287 e. The molecule has 0 saturated carbocycles. The Morgan fingerprint density at radius 3 is 2.00 bits per heavy atom. The number of fused-ring (bicyclic) bond motifs is 5. The number of rotatable bonds is 6. The molecule has 5 rings (SSSR count). The highest BCUT2D eigenvalue weighted by Crippen LogP contribution is 2.47. The Morgan fingerprint density at radius 2 is 1.44 bits per heavy atom. The molecule has 1 amide bonds. The highest BCUT2D eigenvalue weighted by molar-refractivity contribution is 6.35. The van der Waals surface area contributed by atoms with Crippen molar-refractivity contribution in [1.29, 1.82) is 0 Å². The molecule has 1 fully saturated rings. The van der Waals surface area contributed by atoms with Gasteiger partial charge in [0.05, 0.1) is 32.3 Å². The molecular formula is C29H33N3O9. The number of likely N-dealkylation sites (N-methyl/N-ethyl adjacent to an activating group) is 1. The first-order valence-corrected chi connectivity index (χ1v) is 13.4. The summed E-state index contributed by atoms with van der Waals surface area (Å²) in [6, 6.07) is -2.40. The van der Waals surface area contributed by atoms with Crippen LogP contribution < -0.4 is 5.32 Å². The van der Waals surface area contributed by atoms with E-state index >= 15 is 0 Å². The lowest BCUT2D eigenvalue weighted by molar-refractivity contribution is -0.137. The molecule has 2 aliphatic carbocycles. The summed E-state index contributed by atoms with van der Waals surface area (Å²) in [4.78, 5) is 82.9. The lowest BCUT2D eigenvalue weighted by Crippen LogP contribution is -2.74. The Morgan fingerprint density at radius 1 is 0.854 bits per heavy atom. The predicted octanol–water partition coefficient (Wildman–Crippen LogP) is -0.417. The fraction of sp³-hybridized carbons (Fsp3) is 0.517. The second-order valence-electron chi connectivity index (χ2n) is 10.9. The second kappa shape index (κ2) is 10.3. The zero-order chi connectivity index (χ0) is 30.1. The molecule has 0 aromatic carbocycles. The largest absolute Gasteiger partial charge is 0.492 e. The SMILES string of the molecule is COC1=C(C)C(=O)C2=C(C1=O)C1C3CC4=C(C(=O)C(OC)=C(C)C4=O)C(CNC(=O)C(C)=O)N3CC(C2OC)N1C. The average Bonchev–Trinajstić information content (AvgIpc) is 2.93. The van der Waals surface area contributed by atoms with Crippen molar-refractivity contribution in [3.8, 4) is 0 Å². The Kier molecular flexibility index (Phi) is 7.21. The van der Waals surface area contributed by atoms with Crippen molar-refractivity contribution in [3.63, 3.8) is 0 Å². The molecule has 5 atom stereocenters. The molecule has 0 spiro atoms. The number of ether oxygens (including phenoxy) is 3. The van der Waals surface area contributed by atoms with Crippen LogP contribution in [0.5, 0.6) is 0 Å². The summed E-state index contributed by atoms with van der Waals surface area (Å²) >= 11 is 0. The Labute approximate surface area is 237 Å². The van der Waals surface area contributed by atoms with E-state index in [0.717, 1.165) is 6.92 Å². The van der Waals surface area contributed by atoms with Crippen molar-refractivity contribution < 1.29 is 43.0 Å². The van der Waals surface area contributed by atoms with Crippen molar-refractivity contribution in [3.05, 3.63) is 45.0 Å². The number of amides is 1. The first-order chi connectivity index (χ1) is 19.4. The van der Waals surface area contributed by atoms with Crippen molar-refractivity contribution in [2.24, 2.45) is 0 Å². The number of Topliss-reactive ketones (excluding diaryl/α,β-unsaturated/α-hetero) is 5. The number of hydrogen-bond donors (Lipinski definition) is 1. The minimum absolute atomic E-state index is 0.0407. The molecule has 3 aliphatic heterocycles. The van der Waals surface area contributed by atoms with E-state index in [9.17, 15) is 28.8 Å². The normalized spacial score (nSPS) is 30.4. The minimum atomic E-state index is -0.824. The van der Waals surface area contributed by atoms with Gasteiger partial charge in [0.1, 0.15) is 6.10 Å². The van der Waals surface area contributed by atoms with Gasteiger partial charge in [-0.15, -0.1) is 0 Å². The molecule has 218 valence electrons. The van der Waals surface area contributed by atoms with Gasteiger partial charge in [-0.05, 0) is 27.3 Å². The van der Waals surface area contributed by atoms with E-state index in [1.54, 1.807) is 6.92 Å². The van der Waals surface area contributed by atoms with Crippen molar-refractivity contribution >= 4 is 34.8 Å². The van der Waals surface area contributed by atoms with Gasteiger partial charge in [-0.2, -0.15) is 0 Å². The van der Waals surface area contributed by atoms with Crippen LogP contribution in [0.25, 0.3) is 0 Å². The average molecular weight is 568 g/mol. The topological polar surface area (TPSA) is 149 Å². The molecule has 0 radical (unpaired) electrons. The molecule has 12 heteroatoms. The number of ketones is 5. The molecule has 41 heavy (non-hydrogen) atoms. The standard InChI is InChI=1S/C29H33N3O9/c1-11-22(34)14-8-15-21-19-20(23(35)12(2)27(40-6)25(19)37)28(41-7)17(31(21)4)10-32(15)16(9-30-29(38)13(3)33)18(14)24(36)26(11)39-5/h15-17,21,28H,8-10H2,1-7H3,(H,30,38). The van der Waals surface area contributed by atoms with Crippen LogP contribution in [0, 0.1) is 0 Å². The zero-order valence-corrected chi connectivity index (χ0v) is 24.1. The third-order valence-electron chi connectivity index (χ3n) is 9.06. The Hall–Kier alpha value is -3.74. The first kappa shape index (κ1) is 28.8. The number of carbonyl (C=O) groups is 6. The van der Waals surface area contributed by atoms with Crippen LogP contribution in [0.3, 0.4) is 0 Å². The Balaban J connectivity index is 1.69. The van der Waals surface area contributed by atoms with E-state index in [0.29, 0.717) is 0 Å². The number of hydrogen-bond acceptors (Lipinski definition) is 11. The molecule has 5 unspecified atom stereocenters. The molecule has 2 bridgehead atoms. The van der Waals surface area contributed by atoms with Crippen molar-refractivity contribution in [2.75, 3.05) is 41.5 Å². The molecule has 3 heterocycles. The summed E-state index contributed by atoms with van der Waals surface area (Å²) in [5.74, 6) is -3.20. The molecule has 0 aromatic rings. The van der Waals surface area contributed by atoms with Gasteiger partial charge in [0.25, 0.3) is 5.91 Å². The van der Waals surface area contributed by atoms with Crippen molar-refractivity contribution in [2.45, 2.75) is 57.5 Å². The number of allylic oxidation sites excluding steroid dienone is 4. The molecule has 0 aromatic heterocycles. The number of nitrogens with one attached hydrogen (secondary N) is 1. The summed E-state index contributed by atoms with van der Waals surface area (Å²) in [6.45, 7) is 4.37. The van der Waals surface area contributed by atoms with Gasteiger partial charge in [-0.3, -0.25) is 38.6 Å². The van der Waals surface area contributed by atoms with Crippen LogP contribution in [0.15, 0.2) is 45.0 Å². The van der Waals surface area contributed by atoms with Gasteiger partial charge in [0, 0.05) is 66.6 Å². The lowest BCUT2D eigenvalue weighted by atomic mass is 9.68. The summed E-state index contributed by atoms with van der Waals surface area (Å²) in [5.41, 5.74) is 1.37. The number of carbonyl (C=O) groups excluding carboxylic acids is 6. The number of nitrogens with zero attached hydrogens (tertiary/aromatic N) is 2. The smallest absolute Gasteiger partial charge is 0.287 e. The zero-order valence-electron chi connectivity index (χ0n) is 24.1. The second-order valence-corrected chi connectivity index (χ2v) is 10.9. The van der Waals surface area contributed by atoms with E-state index < -0.39 is 53.5 Å². The van der Waals surface area contributed by atoms with Gasteiger partial charge in [-0.1, -0.05) is 0 Å². The number of piperazine rings is 1. The van der Waals surface area contributed by atoms with Gasteiger partial charge in [0.15, 0.2) is 23.1 Å². The molecular weight excluding hydrogens is 534 g/mol. The van der Waals surface area contributed by atoms with Crippen LogP contribution in [0.2, 0.25) is 0 Å². The van der Waals surface area contributed by atoms with Crippen LogP contribution in [-0.2, 0) is 43.0 Å². The summed E-state index contributed by atoms with van der Waals surface area (Å²) < 4.78 is 16.5. The highest BCUT2D eigenvalue weighted by Gasteiger charge is 2.59.